The summed E-state index contributed by atoms with van der Waals surface area (Å²) in [5.74, 6) is 0.900. The zero-order valence-corrected chi connectivity index (χ0v) is 12.6. The summed E-state index contributed by atoms with van der Waals surface area (Å²) in [6.45, 7) is 1.15. The SMILES string of the molecule is O=C(CC1CC1)N1CCCC(O)(COc2ccc(F)cc2)C1. The third-order valence-electron chi connectivity index (χ3n) is 4.39. The van der Waals surface area contributed by atoms with Gasteiger partial charge in [-0.2, -0.15) is 0 Å². The van der Waals surface area contributed by atoms with Gasteiger partial charge in [-0.3, -0.25) is 4.79 Å². The molecular weight excluding hydrogens is 285 g/mol. The molecule has 2 aliphatic rings. The first-order valence-electron chi connectivity index (χ1n) is 7.93. The van der Waals surface area contributed by atoms with Gasteiger partial charge in [0.25, 0.3) is 0 Å². The van der Waals surface area contributed by atoms with Gasteiger partial charge in [0.05, 0.1) is 6.54 Å². The minimum atomic E-state index is -1.02. The summed E-state index contributed by atoms with van der Waals surface area (Å²) in [5, 5.41) is 10.7. The van der Waals surface area contributed by atoms with Crippen molar-refractivity contribution in [2.75, 3.05) is 19.7 Å². The van der Waals surface area contributed by atoms with Crippen molar-refractivity contribution in [2.45, 2.75) is 37.7 Å². The van der Waals surface area contributed by atoms with Gasteiger partial charge in [-0.15, -0.1) is 0 Å². The normalized spacial score (nSPS) is 25.1. The van der Waals surface area contributed by atoms with Crippen molar-refractivity contribution in [1.29, 1.82) is 0 Å². The molecule has 1 heterocycles. The van der Waals surface area contributed by atoms with Gasteiger partial charge in [0, 0.05) is 13.0 Å². The molecule has 1 saturated heterocycles. The van der Waals surface area contributed by atoms with E-state index in [-0.39, 0.29) is 18.3 Å². The average Bonchev–Trinajstić information content (AvgIpc) is 3.31. The molecule has 0 spiro atoms. The number of amides is 1. The average molecular weight is 307 g/mol. The number of benzene rings is 1. The smallest absolute Gasteiger partial charge is 0.222 e. The summed E-state index contributed by atoms with van der Waals surface area (Å²) in [4.78, 5) is 13.9. The maximum Gasteiger partial charge on any atom is 0.222 e. The number of carbonyl (C=O) groups is 1. The molecule has 1 N–H and O–H groups in total. The second-order valence-corrected chi connectivity index (χ2v) is 6.53. The number of hydrogen-bond acceptors (Lipinski definition) is 3. The number of ether oxygens (including phenoxy) is 1. The first-order valence-corrected chi connectivity index (χ1v) is 7.93. The summed E-state index contributed by atoms with van der Waals surface area (Å²) in [6.07, 6.45) is 4.30. The molecule has 22 heavy (non-hydrogen) atoms. The molecule has 1 atom stereocenters. The lowest BCUT2D eigenvalue weighted by atomic mass is 9.93. The van der Waals surface area contributed by atoms with Crippen LogP contribution < -0.4 is 4.74 Å². The summed E-state index contributed by atoms with van der Waals surface area (Å²) in [6, 6.07) is 5.73. The highest BCUT2D eigenvalue weighted by molar-refractivity contribution is 5.77. The highest BCUT2D eigenvalue weighted by Crippen LogP contribution is 2.33. The Hall–Kier alpha value is -1.62. The number of nitrogens with zero attached hydrogens (tertiary/aromatic N) is 1. The van der Waals surface area contributed by atoms with Crippen molar-refractivity contribution in [1.82, 2.24) is 4.90 Å². The fourth-order valence-corrected chi connectivity index (χ4v) is 2.89. The maximum atomic E-state index is 12.9. The third kappa shape index (κ3) is 3.97. The standard InChI is InChI=1S/C17H22FNO3/c18-14-4-6-15(7-5-14)22-12-17(21)8-1-9-19(11-17)16(20)10-13-2-3-13/h4-7,13,21H,1-3,8-12H2. The van der Waals surface area contributed by atoms with Crippen LogP contribution in [0, 0.1) is 11.7 Å². The second kappa shape index (κ2) is 6.24. The van der Waals surface area contributed by atoms with Crippen LogP contribution in [0.5, 0.6) is 5.75 Å². The third-order valence-corrected chi connectivity index (χ3v) is 4.39. The van der Waals surface area contributed by atoms with E-state index in [0.717, 1.165) is 19.3 Å². The Balaban J connectivity index is 1.54. The number of β-amino-alcohol motifs (C(OH)–C–C–N with tert-alkyl or cyclic N) is 1. The number of likely N-dealkylation sites (tertiary alicyclic amines) is 1. The molecule has 5 heteroatoms. The van der Waals surface area contributed by atoms with Crippen LogP contribution in [0.2, 0.25) is 0 Å². The number of piperidine rings is 1. The zero-order valence-electron chi connectivity index (χ0n) is 12.6. The van der Waals surface area contributed by atoms with Crippen LogP contribution in [-0.4, -0.2) is 41.2 Å². The highest BCUT2D eigenvalue weighted by Gasteiger charge is 2.37. The van der Waals surface area contributed by atoms with Crippen LogP contribution in [-0.2, 0) is 4.79 Å². The van der Waals surface area contributed by atoms with Gasteiger partial charge in [0.1, 0.15) is 23.8 Å². The fourth-order valence-electron chi connectivity index (χ4n) is 2.89. The van der Waals surface area contributed by atoms with Gasteiger partial charge < -0.3 is 14.7 Å². The van der Waals surface area contributed by atoms with Gasteiger partial charge in [0.15, 0.2) is 0 Å². The molecule has 2 fully saturated rings. The van der Waals surface area contributed by atoms with Crippen molar-refractivity contribution in [3.63, 3.8) is 0 Å². The van der Waals surface area contributed by atoms with E-state index in [2.05, 4.69) is 0 Å². The molecule has 1 amide bonds. The number of aliphatic hydroxyl groups is 1. The summed E-state index contributed by atoms with van der Waals surface area (Å²) in [5.41, 5.74) is -1.02. The van der Waals surface area contributed by atoms with Crippen LogP contribution >= 0.6 is 0 Å². The molecule has 1 aliphatic carbocycles. The molecule has 0 radical (unpaired) electrons. The number of carbonyl (C=O) groups excluding carboxylic acids is 1. The molecule has 4 nitrogen and oxygen atoms in total. The van der Waals surface area contributed by atoms with Crippen molar-refractivity contribution in [3.05, 3.63) is 30.1 Å². The van der Waals surface area contributed by atoms with Crippen LogP contribution in [0.4, 0.5) is 4.39 Å². The highest BCUT2D eigenvalue weighted by atomic mass is 19.1. The lowest BCUT2D eigenvalue weighted by Crippen LogP contribution is -2.53. The second-order valence-electron chi connectivity index (χ2n) is 6.53. The van der Waals surface area contributed by atoms with E-state index in [4.69, 9.17) is 4.74 Å². The Labute approximate surface area is 129 Å². The van der Waals surface area contributed by atoms with Gasteiger partial charge >= 0.3 is 0 Å². The van der Waals surface area contributed by atoms with Gasteiger partial charge in [-0.25, -0.2) is 4.39 Å². The lowest BCUT2D eigenvalue weighted by molar-refractivity contribution is -0.140. The Kier molecular flexibility index (Phi) is 4.34. The van der Waals surface area contributed by atoms with Crippen molar-refractivity contribution >= 4 is 5.91 Å². The Bertz CT molecular complexity index is 529. The Morgan fingerprint density at radius 3 is 2.77 bits per heavy atom. The fraction of sp³-hybridized carbons (Fsp3) is 0.588. The Morgan fingerprint density at radius 1 is 1.36 bits per heavy atom. The van der Waals surface area contributed by atoms with Crippen molar-refractivity contribution in [2.24, 2.45) is 5.92 Å². The molecule has 1 saturated carbocycles. The minimum absolute atomic E-state index is 0.117. The van der Waals surface area contributed by atoms with Crippen LogP contribution in [0.1, 0.15) is 32.1 Å². The van der Waals surface area contributed by atoms with Crippen molar-refractivity contribution < 1.29 is 19.0 Å². The summed E-state index contributed by atoms with van der Waals surface area (Å²) in [7, 11) is 0. The molecular formula is C17H22FNO3. The predicted molar refractivity (Wildman–Crippen MR) is 80.0 cm³/mol. The van der Waals surface area contributed by atoms with Crippen LogP contribution in [0.25, 0.3) is 0 Å². The zero-order chi connectivity index (χ0) is 15.6. The van der Waals surface area contributed by atoms with E-state index >= 15 is 0 Å². The van der Waals surface area contributed by atoms with E-state index in [1.807, 2.05) is 0 Å². The number of rotatable bonds is 5. The monoisotopic (exact) mass is 307 g/mol. The van der Waals surface area contributed by atoms with Gasteiger partial charge in [-0.1, -0.05) is 0 Å². The first kappa shape index (κ1) is 15.3. The molecule has 3 rings (SSSR count). The summed E-state index contributed by atoms with van der Waals surface area (Å²) >= 11 is 0. The van der Waals surface area contributed by atoms with Crippen molar-refractivity contribution in [3.8, 4) is 5.75 Å². The molecule has 120 valence electrons. The Morgan fingerprint density at radius 2 is 2.09 bits per heavy atom. The van der Waals surface area contributed by atoms with E-state index in [9.17, 15) is 14.3 Å². The van der Waals surface area contributed by atoms with Gasteiger partial charge in [0.2, 0.25) is 5.91 Å². The predicted octanol–water partition coefficient (Wildman–Crippen LogP) is 2.36. The molecule has 1 aliphatic heterocycles. The number of hydrogen-bond donors (Lipinski definition) is 1. The van der Waals surface area contributed by atoms with E-state index in [1.54, 1.807) is 4.90 Å². The molecule has 1 unspecified atom stereocenters. The molecule has 1 aromatic carbocycles. The number of halogens is 1. The molecule has 0 bridgehead atoms. The van der Waals surface area contributed by atoms with Gasteiger partial charge in [-0.05, 0) is 55.9 Å². The first-order chi connectivity index (χ1) is 10.5. The van der Waals surface area contributed by atoms with Crippen LogP contribution in [0.3, 0.4) is 0 Å². The largest absolute Gasteiger partial charge is 0.491 e. The lowest BCUT2D eigenvalue weighted by Gasteiger charge is -2.39. The van der Waals surface area contributed by atoms with E-state index in [1.165, 1.54) is 24.3 Å². The summed E-state index contributed by atoms with van der Waals surface area (Å²) < 4.78 is 18.4. The minimum Gasteiger partial charge on any atom is -0.491 e. The molecule has 1 aromatic rings. The molecule has 0 aromatic heterocycles. The van der Waals surface area contributed by atoms with E-state index < -0.39 is 5.60 Å². The van der Waals surface area contributed by atoms with E-state index in [0.29, 0.717) is 37.6 Å². The quantitative estimate of drug-likeness (QED) is 0.908. The maximum absolute atomic E-state index is 12.9. The topological polar surface area (TPSA) is 49.8 Å². The van der Waals surface area contributed by atoms with Crippen LogP contribution in [0.15, 0.2) is 24.3 Å².